The number of benzene rings is 2. The van der Waals surface area contributed by atoms with Crippen LogP contribution in [0, 0.1) is 12.8 Å². The lowest BCUT2D eigenvalue weighted by molar-refractivity contribution is -0.143. The van der Waals surface area contributed by atoms with E-state index in [2.05, 4.69) is 80.3 Å². The van der Waals surface area contributed by atoms with Crippen LogP contribution in [-0.4, -0.2) is 30.1 Å². The molecule has 0 spiro atoms. The topological polar surface area (TPSA) is 29.5 Å². The Morgan fingerprint density at radius 2 is 1.66 bits per heavy atom. The first-order chi connectivity index (χ1) is 16.9. The summed E-state index contributed by atoms with van der Waals surface area (Å²) in [7, 11) is 0. The van der Waals surface area contributed by atoms with Crippen LogP contribution < -0.4 is 0 Å². The zero-order valence-electron chi connectivity index (χ0n) is 23.2. The third-order valence-electron chi connectivity index (χ3n) is 7.26. The quantitative estimate of drug-likeness (QED) is 0.215. The highest BCUT2D eigenvalue weighted by Crippen LogP contribution is 2.50. The molecule has 2 aromatic carbocycles. The second-order valence-corrected chi connectivity index (χ2v) is 10.2. The van der Waals surface area contributed by atoms with E-state index < -0.39 is 0 Å². The molecule has 1 aliphatic carbocycles. The van der Waals surface area contributed by atoms with E-state index in [4.69, 9.17) is 4.74 Å². The number of hydrogen-bond acceptors (Lipinski definition) is 3. The molecule has 0 amide bonds. The molecule has 1 atom stereocenters. The maximum Gasteiger partial charge on any atom is 0.305 e. The predicted octanol–water partition coefficient (Wildman–Crippen LogP) is 8.09. The summed E-state index contributed by atoms with van der Waals surface area (Å²) in [5, 5.41) is 0. The van der Waals surface area contributed by atoms with E-state index in [1.807, 2.05) is 20.8 Å². The molecule has 0 radical (unpaired) electrons. The maximum atomic E-state index is 11.8. The first-order valence-electron chi connectivity index (χ1n) is 14.0. The van der Waals surface area contributed by atoms with Gasteiger partial charge in [-0.25, -0.2) is 0 Å². The van der Waals surface area contributed by atoms with Crippen molar-refractivity contribution in [3.63, 3.8) is 0 Å². The minimum Gasteiger partial charge on any atom is -0.466 e. The second kappa shape index (κ2) is 15.1. The zero-order chi connectivity index (χ0) is 25.7. The summed E-state index contributed by atoms with van der Waals surface area (Å²) in [6, 6.07) is 20.7. The summed E-state index contributed by atoms with van der Waals surface area (Å²) in [6.45, 7) is 15.2. The summed E-state index contributed by atoms with van der Waals surface area (Å²) in [5.41, 5.74) is 4.44. The number of carbonyl (C=O) groups excluding carboxylic acids is 1. The van der Waals surface area contributed by atoms with Gasteiger partial charge in [-0.05, 0) is 69.5 Å². The van der Waals surface area contributed by atoms with E-state index in [9.17, 15) is 4.79 Å². The smallest absolute Gasteiger partial charge is 0.305 e. The summed E-state index contributed by atoms with van der Waals surface area (Å²) in [5.74, 6) is 0.566. The summed E-state index contributed by atoms with van der Waals surface area (Å²) in [6.07, 6.45) is 7.46. The number of unbranched alkanes of at least 4 members (excludes halogenated alkanes) is 1. The number of hydrogen-bond donors (Lipinski definition) is 0. The molecule has 2 aromatic rings. The highest BCUT2D eigenvalue weighted by Gasteiger charge is 2.47. The third kappa shape index (κ3) is 8.49. The van der Waals surface area contributed by atoms with Crippen molar-refractivity contribution in [3.05, 3.63) is 71.3 Å². The van der Waals surface area contributed by atoms with Gasteiger partial charge in [0.25, 0.3) is 0 Å². The van der Waals surface area contributed by atoms with Crippen molar-refractivity contribution in [1.82, 2.24) is 4.90 Å². The molecular weight excluding hydrogens is 430 g/mol. The zero-order valence-corrected chi connectivity index (χ0v) is 23.2. The Balaban J connectivity index is 0.00000210. The minimum absolute atomic E-state index is 0.0686. The maximum absolute atomic E-state index is 11.8. The average Bonchev–Trinajstić information content (AvgIpc) is 2.83. The third-order valence-corrected chi connectivity index (χ3v) is 7.26. The molecular formula is C32H49NO2. The Labute approximate surface area is 215 Å². The van der Waals surface area contributed by atoms with Gasteiger partial charge in [0, 0.05) is 24.4 Å². The fraction of sp³-hybridized carbons (Fsp3) is 0.594. The van der Waals surface area contributed by atoms with Crippen LogP contribution in [0.4, 0.5) is 0 Å². The Kier molecular flexibility index (Phi) is 12.5. The van der Waals surface area contributed by atoms with Crippen molar-refractivity contribution in [2.24, 2.45) is 5.92 Å². The fourth-order valence-corrected chi connectivity index (χ4v) is 5.41. The van der Waals surface area contributed by atoms with Gasteiger partial charge in [0.15, 0.2) is 0 Å². The van der Waals surface area contributed by atoms with Crippen molar-refractivity contribution in [1.29, 1.82) is 0 Å². The summed E-state index contributed by atoms with van der Waals surface area (Å²) in [4.78, 5) is 14.6. The van der Waals surface area contributed by atoms with Gasteiger partial charge in [-0.2, -0.15) is 0 Å². The Morgan fingerprint density at radius 3 is 2.20 bits per heavy atom. The number of carbonyl (C=O) groups is 1. The van der Waals surface area contributed by atoms with Crippen LogP contribution in [0.25, 0.3) is 0 Å². The van der Waals surface area contributed by atoms with Gasteiger partial charge in [0.05, 0.1) is 6.61 Å². The van der Waals surface area contributed by atoms with Crippen LogP contribution in [0.2, 0.25) is 0 Å². The molecule has 0 aromatic heterocycles. The highest BCUT2D eigenvalue weighted by atomic mass is 16.5. The van der Waals surface area contributed by atoms with Gasteiger partial charge in [-0.15, -0.1) is 0 Å². The van der Waals surface area contributed by atoms with Crippen LogP contribution in [0.15, 0.2) is 54.6 Å². The van der Waals surface area contributed by atoms with Crippen molar-refractivity contribution in [2.45, 2.75) is 104 Å². The predicted molar refractivity (Wildman–Crippen MR) is 149 cm³/mol. The van der Waals surface area contributed by atoms with E-state index in [0.717, 1.165) is 25.9 Å². The van der Waals surface area contributed by atoms with Gasteiger partial charge in [0.2, 0.25) is 0 Å². The van der Waals surface area contributed by atoms with Gasteiger partial charge in [0.1, 0.15) is 0 Å². The number of esters is 1. The van der Waals surface area contributed by atoms with Crippen molar-refractivity contribution >= 4 is 5.97 Å². The molecule has 35 heavy (non-hydrogen) atoms. The van der Waals surface area contributed by atoms with E-state index in [1.54, 1.807) is 0 Å². The number of ether oxygens (including phenoxy) is 1. The fourth-order valence-electron chi connectivity index (χ4n) is 5.41. The Bertz CT molecular complexity index is 840. The normalized spacial score (nSPS) is 15.2. The first-order valence-corrected chi connectivity index (χ1v) is 14.0. The average molecular weight is 480 g/mol. The summed E-state index contributed by atoms with van der Waals surface area (Å²) >= 11 is 0. The number of aryl methyl sites for hydroxylation is 1. The lowest BCUT2D eigenvalue weighted by Crippen LogP contribution is -2.55. The van der Waals surface area contributed by atoms with E-state index >= 15 is 0 Å². The van der Waals surface area contributed by atoms with Crippen LogP contribution >= 0.6 is 0 Å². The summed E-state index contributed by atoms with van der Waals surface area (Å²) < 4.78 is 5.14. The van der Waals surface area contributed by atoms with Crippen molar-refractivity contribution < 1.29 is 9.53 Å². The lowest BCUT2D eigenvalue weighted by atomic mass is 9.58. The molecule has 1 fully saturated rings. The van der Waals surface area contributed by atoms with E-state index in [1.165, 1.54) is 42.4 Å². The first kappa shape index (κ1) is 29.1. The molecule has 3 nitrogen and oxygen atoms in total. The lowest BCUT2D eigenvalue weighted by Gasteiger charge is -2.53. The van der Waals surface area contributed by atoms with Gasteiger partial charge >= 0.3 is 5.97 Å². The molecule has 3 rings (SSSR count). The van der Waals surface area contributed by atoms with Gasteiger partial charge in [-0.1, -0.05) is 94.3 Å². The monoisotopic (exact) mass is 479 g/mol. The van der Waals surface area contributed by atoms with E-state index in [-0.39, 0.29) is 11.4 Å². The Hall–Kier alpha value is -2.13. The van der Waals surface area contributed by atoms with Crippen molar-refractivity contribution in [3.8, 4) is 0 Å². The van der Waals surface area contributed by atoms with Crippen LogP contribution in [0.5, 0.6) is 0 Å². The van der Waals surface area contributed by atoms with Gasteiger partial charge < -0.3 is 4.74 Å². The van der Waals surface area contributed by atoms with Crippen molar-refractivity contribution in [2.75, 3.05) is 13.2 Å². The minimum atomic E-state index is -0.0686. The van der Waals surface area contributed by atoms with Crippen LogP contribution in [0.3, 0.4) is 0 Å². The number of rotatable bonds is 13. The molecule has 0 aliphatic heterocycles. The molecule has 1 saturated carbocycles. The molecule has 0 heterocycles. The SMILES string of the molecule is CC.CCOC(=O)CCCCN(Cc1ccccc1)C(CC(C)C)C1(c2ccc(C)cc2)CCC1. The molecule has 1 unspecified atom stereocenters. The molecule has 194 valence electrons. The molecule has 0 N–H and O–H groups in total. The Morgan fingerprint density at radius 1 is 1.00 bits per heavy atom. The molecule has 3 heteroatoms. The van der Waals surface area contributed by atoms with Crippen LogP contribution in [-0.2, 0) is 21.5 Å². The second-order valence-electron chi connectivity index (χ2n) is 10.2. The van der Waals surface area contributed by atoms with Crippen LogP contribution in [0.1, 0.15) is 96.3 Å². The molecule has 0 bridgehead atoms. The van der Waals surface area contributed by atoms with Gasteiger partial charge in [-0.3, -0.25) is 9.69 Å². The van der Waals surface area contributed by atoms with E-state index in [0.29, 0.717) is 25.0 Å². The largest absolute Gasteiger partial charge is 0.466 e. The molecule has 0 saturated heterocycles. The highest BCUT2D eigenvalue weighted by molar-refractivity contribution is 5.69. The standard InChI is InChI=1S/C30H43NO2.C2H6/c1-5-33-29(32)14-9-10-21-31(23-26-12-7-6-8-13-26)28(22-24(2)3)30(19-11-20-30)27-17-15-25(4)16-18-27;1-2/h6-8,12-13,15-18,24,28H,5,9-11,14,19-23H2,1-4H3;1-2H3. The molecule has 1 aliphatic rings. The number of nitrogens with zero attached hydrogens (tertiary/aromatic N) is 1.